The number of amides is 4. The minimum atomic E-state index is -0.812. The Labute approximate surface area is 133 Å². The molecular formula is C13H12Br2N2O3. The van der Waals surface area contributed by atoms with E-state index < -0.39 is 23.8 Å². The fourth-order valence-corrected chi connectivity index (χ4v) is 3.27. The van der Waals surface area contributed by atoms with Gasteiger partial charge in [0.25, 0.3) is 0 Å². The summed E-state index contributed by atoms with van der Waals surface area (Å²) in [7, 11) is 0. The Hall–Kier alpha value is -1.21. The number of carbonyl (C=O) groups is 3. The van der Waals surface area contributed by atoms with Gasteiger partial charge in [-0.15, -0.1) is 0 Å². The fourth-order valence-electron chi connectivity index (χ4n) is 2.05. The summed E-state index contributed by atoms with van der Waals surface area (Å²) in [6, 6.07) is 4.40. The lowest BCUT2D eigenvalue weighted by Crippen LogP contribution is -2.58. The maximum absolute atomic E-state index is 12.4. The van der Waals surface area contributed by atoms with E-state index in [1.165, 1.54) is 0 Å². The highest BCUT2D eigenvalue weighted by atomic mass is 79.9. The zero-order valence-electron chi connectivity index (χ0n) is 10.7. The molecule has 1 heterocycles. The van der Waals surface area contributed by atoms with Crippen molar-refractivity contribution in [3.8, 4) is 0 Å². The number of rotatable bonds is 3. The first kappa shape index (κ1) is 15.2. The van der Waals surface area contributed by atoms with Gasteiger partial charge in [-0.3, -0.25) is 14.9 Å². The molecule has 1 atom stereocenters. The standard InChI is InChI=1S/C13H12Br2N2O3/c1-2-3-8-11(18)16-13(20)17(12(8)19)10-5-4-7(14)6-9(10)15/h4-6,8H,2-3H2,1H3,(H,16,18,20). The molecule has 1 saturated heterocycles. The van der Waals surface area contributed by atoms with Crippen LogP contribution in [0.25, 0.3) is 0 Å². The molecule has 1 unspecified atom stereocenters. The normalized spacial score (nSPS) is 19.2. The van der Waals surface area contributed by atoms with Crippen LogP contribution in [0.5, 0.6) is 0 Å². The molecule has 1 aromatic rings. The molecule has 0 saturated carbocycles. The minimum absolute atomic E-state index is 0.419. The summed E-state index contributed by atoms with van der Waals surface area (Å²) in [4.78, 5) is 37.1. The Balaban J connectivity index is 2.41. The molecule has 7 heteroatoms. The van der Waals surface area contributed by atoms with Crippen molar-refractivity contribution in [2.45, 2.75) is 19.8 Å². The van der Waals surface area contributed by atoms with Crippen LogP contribution < -0.4 is 10.2 Å². The van der Waals surface area contributed by atoms with Crippen molar-refractivity contribution in [1.29, 1.82) is 0 Å². The summed E-state index contributed by atoms with van der Waals surface area (Å²) in [5.41, 5.74) is 0.421. The number of carbonyl (C=O) groups excluding carboxylic acids is 3. The SMILES string of the molecule is CCCC1C(=O)NC(=O)N(c2ccc(Br)cc2Br)C1=O. The first-order valence-corrected chi connectivity index (χ1v) is 7.68. The van der Waals surface area contributed by atoms with Crippen LogP contribution in [0.2, 0.25) is 0 Å². The summed E-state index contributed by atoms with van der Waals surface area (Å²) >= 11 is 6.63. The zero-order chi connectivity index (χ0) is 14.9. The molecule has 1 aliphatic heterocycles. The van der Waals surface area contributed by atoms with Crippen LogP contribution in [0.15, 0.2) is 27.1 Å². The molecule has 0 aromatic heterocycles. The second kappa shape index (κ2) is 6.05. The van der Waals surface area contributed by atoms with Crippen LogP contribution in [0, 0.1) is 5.92 Å². The van der Waals surface area contributed by atoms with E-state index in [4.69, 9.17) is 0 Å². The molecule has 0 aliphatic carbocycles. The largest absolute Gasteiger partial charge is 0.335 e. The second-order valence-electron chi connectivity index (χ2n) is 4.41. The lowest BCUT2D eigenvalue weighted by atomic mass is 9.99. The van der Waals surface area contributed by atoms with Crippen LogP contribution in [-0.4, -0.2) is 17.8 Å². The molecule has 0 spiro atoms. The molecule has 1 N–H and O–H groups in total. The highest BCUT2D eigenvalue weighted by Crippen LogP contribution is 2.32. The van der Waals surface area contributed by atoms with Gasteiger partial charge in [0.05, 0.1) is 5.69 Å². The van der Waals surface area contributed by atoms with Crippen molar-refractivity contribution >= 4 is 55.4 Å². The molecule has 1 aromatic carbocycles. The second-order valence-corrected chi connectivity index (χ2v) is 6.18. The first-order chi connectivity index (χ1) is 9.45. The topological polar surface area (TPSA) is 66.5 Å². The predicted molar refractivity (Wildman–Crippen MR) is 81.3 cm³/mol. The molecule has 1 fully saturated rings. The molecule has 0 bridgehead atoms. The minimum Gasteiger partial charge on any atom is -0.277 e. The summed E-state index contributed by atoms with van der Waals surface area (Å²) in [5.74, 6) is -1.82. The van der Waals surface area contributed by atoms with E-state index in [0.717, 1.165) is 9.37 Å². The maximum Gasteiger partial charge on any atom is 0.335 e. The number of anilines is 1. The van der Waals surface area contributed by atoms with Crippen molar-refractivity contribution in [3.05, 3.63) is 27.1 Å². The average molecular weight is 404 g/mol. The summed E-state index contributed by atoms with van der Waals surface area (Å²) in [6.07, 6.45) is 1.11. The van der Waals surface area contributed by atoms with Crippen LogP contribution in [-0.2, 0) is 9.59 Å². The van der Waals surface area contributed by atoms with Gasteiger partial charge in [0.15, 0.2) is 0 Å². The number of imide groups is 2. The Morgan fingerprint density at radius 2 is 1.95 bits per heavy atom. The highest BCUT2D eigenvalue weighted by Gasteiger charge is 2.41. The highest BCUT2D eigenvalue weighted by molar-refractivity contribution is 9.11. The van der Waals surface area contributed by atoms with Crippen molar-refractivity contribution in [1.82, 2.24) is 5.32 Å². The third kappa shape index (κ3) is 2.78. The van der Waals surface area contributed by atoms with Gasteiger partial charge in [-0.1, -0.05) is 29.3 Å². The van der Waals surface area contributed by atoms with Crippen molar-refractivity contribution in [2.24, 2.45) is 5.92 Å². The number of halogens is 2. The summed E-state index contributed by atoms with van der Waals surface area (Å²) in [6.45, 7) is 1.89. The molecule has 5 nitrogen and oxygen atoms in total. The van der Waals surface area contributed by atoms with Gasteiger partial charge < -0.3 is 0 Å². The molecule has 20 heavy (non-hydrogen) atoms. The van der Waals surface area contributed by atoms with Gasteiger partial charge in [0.1, 0.15) is 5.92 Å². The van der Waals surface area contributed by atoms with Crippen LogP contribution in [0.1, 0.15) is 19.8 Å². The first-order valence-electron chi connectivity index (χ1n) is 6.09. The Morgan fingerprint density at radius 3 is 2.55 bits per heavy atom. The van der Waals surface area contributed by atoms with E-state index in [2.05, 4.69) is 37.2 Å². The number of urea groups is 1. The number of hydrogen-bond acceptors (Lipinski definition) is 3. The van der Waals surface area contributed by atoms with E-state index in [9.17, 15) is 14.4 Å². The Bertz CT molecular complexity index is 589. The molecule has 2 rings (SSSR count). The van der Waals surface area contributed by atoms with E-state index in [-0.39, 0.29) is 0 Å². The predicted octanol–water partition coefficient (Wildman–Crippen LogP) is 3.21. The van der Waals surface area contributed by atoms with E-state index in [0.29, 0.717) is 23.0 Å². The molecule has 1 aliphatic rings. The van der Waals surface area contributed by atoms with Gasteiger partial charge in [-0.2, -0.15) is 0 Å². The van der Waals surface area contributed by atoms with Gasteiger partial charge in [0.2, 0.25) is 11.8 Å². The van der Waals surface area contributed by atoms with Crippen LogP contribution in [0.4, 0.5) is 10.5 Å². The van der Waals surface area contributed by atoms with Gasteiger partial charge in [0, 0.05) is 8.95 Å². The van der Waals surface area contributed by atoms with Gasteiger partial charge in [-0.25, -0.2) is 9.69 Å². The lowest BCUT2D eigenvalue weighted by Gasteiger charge is -2.30. The summed E-state index contributed by atoms with van der Waals surface area (Å²) in [5, 5.41) is 2.23. The van der Waals surface area contributed by atoms with Crippen molar-refractivity contribution in [2.75, 3.05) is 4.90 Å². The number of nitrogens with zero attached hydrogens (tertiary/aromatic N) is 1. The summed E-state index contributed by atoms with van der Waals surface area (Å²) < 4.78 is 1.42. The molecular weight excluding hydrogens is 392 g/mol. The van der Waals surface area contributed by atoms with E-state index >= 15 is 0 Å². The zero-order valence-corrected chi connectivity index (χ0v) is 13.8. The fraction of sp³-hybridized carbons (Fsp3) is 0.308. The maximum atomic E-state index is 12.4. The van der Waals surface area contributed by atoms with Crippen LogP contribution in [0.3, 0.4) is 0 Å². The number of barbiturate groups is 1. The van der Waals surface area contributed by atoms with Gasteiger partial charge >= 0.3 is 6.03 Å². The smallest absolute Gasteiger partial charge is 0.277 e. The number of benzene rings is 1. The van der Waals surface area contributed by atoms with E-state index in [1.54, 1.807) is 18.2 Å². The third-order valence-electron chi connectivity index (χ3n) is 3.00. The molecule has 106 valence electrons. The number of nitrogens with one attached hydrogen (secondary N) is 1. The lowest BCUT2D eigenvalue weighted by molar-refractivity contribution is -0.134. The molecule has 0 radical (unpaired) electrons. The molecule has 4 amide bonds. The third-order valence-corrected chi connectivity index (χ3v) is 4.12. The van der Waals surface area contributed by atoms with E-state index in [1.807, 2.05) is 6.92 Å². The monoisotopic (exact) mass is 402 g/mol. The van der Waals surface area contributed by atoms with Crippen LogP contribution >= 0.6 is 31.9 Å². The average Bonchev–Trinajstić information content (AvgIpc) is 2.37. The Morgan fingerprint density at radius 1 is 1.25 bits per heavy atom. The van der Waals surface area contributed by atoms with Crippen molar-refractivity contribution in [3.63, 3.8) is 0 Å². The Kier molecular flexibility index (Phi) is 4.59. The van der Waals surface area contributed by atoms with Gasteiger partial charge in [-0.05, 0) is 40.5 Å². The quantitative estimate of drug-likeness (QED) is 0.788. The van der Waals surface area contributed by atoms with Crippen molar-refractivity contribution < 1.29 is 14.4 Å². The number of hydrogen-bond donors (Lipinski definition) is 1.